The lowest BCUT2D eigenvalue weighted by molar-refractivity contribution is 0.0224. The van der Waals surface area contributed by atoms with Gasteiger partial charge in [-0.3, -0.25) is 4.40 Å². The van der Waals surface area contributed by atoms with Crippen LogP contribution in [0.5, 0.6) is 11.5 Å². The lowest BCUT2D eigenvalue weighted by Crippen LogP contribution is -2.34. The van der Waals surface area contributed by atoms with Gasteiger partial charge in [-0.15, -0.1) is 0 Å². The predicted molar refractivity (Wildman–Crippen MR) is 168 cm³/mol. The Morgan fingerprint density at radius 1 is 0.773 bits per heavy atom. The van der Waals surface area contributed by atoms with Gasteiger partial charge in [0.2, 0.25) is 5.78 Å². The number of aryl methyl sites for hydroxylation is 1. The summed E-state index contributed by atoms with van der Waals surface area (Å²) in [5.41, 5.74) is 5.44. The second-order valence-corrected chi connectivity index (χ2v) is 12.0. The van der Waals surface area contributed by atoms with E-state index in [0.29, 0.717) is 11.5 Å². The van der Waals surface area contributed by atoms with Crippen LogP contribution in [0.15, 0.2) is 103 Å². The van der Waals surface area contributed by atoms with Crippen molar-refractivity contribution in [3.05, 3.63) is 131 Å². The van der Waals surface area contributed by atoms with Gasteiger partial charge in [-0.2, -0.15) is 4.98 Å². The summed E-state index contributed by atoms with van der Waals surface area (Å²) in [5, 5.41) is 0. The molecule has 0 unspecified atom stereocenters. The molecule has 2 aromatic heterocycles. The van der Waals surface area contributed by atoms with Gasteiger partial charge in [-0.25, -0.2) is 9.78 Å². The highest BCUT2D eigenvalue weighted by molar-refractivity contribution is 5.98. The van der Waals surface area contributed by atoms with E-state index in [1.54, 1.807) is 0 Å². The minimum absolute atomic E-state index is 0.259. The fraction of sp³-hybridized carbons (Fsp3) is 0.216. The van der Waals surface area contributed by atoms with Gasteiger partial charge in [0.05, 0.1) is 16.6 Å². The standard InChI is InChI=1S/C37H30N4O3/c42-35-34-25(8-7-11-28(34)37(44-35)26-9-1-5-14-31(26)43-32-15-6-2-10-27(32)37)17-16-24-18-21-40(22-19-24)33-20-23-41-30-13-4-3-12-29(30)38-36(41)39-33/h1-15,20,23-24H,16-19,21-22H2. The summed E-state index contributed by atoms with van der Waals surface area (Å²) in [6.07, 6.45) is 6.12. The van der Waals surface area contributed by atoms with Crippen LogP contribution in [0.25, 0.3) is 16.8 Å². The van der Waals surface area contributed by atoms with Gasteiger partial charge in [0.15, 0.2) is 5.60 Å². The highest BCUT2D eigenvalue weighted by atomic mass is 16.6. The highest BCUT2D eigenvalue weighted by Crippen LogP contribution is 2.56. The molecule has 44 heavy (non-hydrogen) atoms. The number of fused-ring (bicyclic) bond motifs is 9. The third-order valence-corrected chi connectivity index (χ3v) is 9.66. The Bertz CT molecular complexity index is 2050. The normalized spacial score (nSPS) is 16.9. The van der Waals surface area contributed by atoms with E-state index in [1.807, 2.05) is 72.8 Å². The van der Waals surface area contributed by atoms with Gasteiger partial charge in [0, 0.05) is 36.0 Å². The van der Waals surface area contributed by atoms with Crippen molar-refractivity contribution >= 4 is 28.6 Å². The second kappa shape index (κ2) is 9.67. The number of imidazole rings is 1. The number of nitrogens with zero attached hydrogens (tertiary/aromatic N) is 4. The second-order valence-electron chi connectivity index (χ2n) is 12.0. The van der Waals surface area contributed by atoms with E-state index in [2.05, 4.69) is 39.8 Å². The summed E-state index contributed by atoms with van der Waals surface area (Å²) in [7, 11) is 0. The molecule has 216 valence electrons. The van der Waals surface area contributed by atoms with Crippen molar-refractivity contribution in [2.75, 3.05) is 18.0 Å². The smallest absolute Gasteiger partial charge is 0.340 e. The molecule has 7 nitrogen and oxygen atoms in total. The Balaban J connectivity index is 0.954. The number of hydrogen-bond acceptors (Lipinski definition) is 6. The zero-order valence-electron chi connectivity index (χ0n) is 24.1. The first-order valence-corrected chi connectivity index (χ1v) is 15.4. The van der Waals surface area contributed by atoms with Crippen LogP contribution >= 0.6 is 0 Å². The first-order chi connectivity index (χ1) is 21.7. The minimum Gasteiger partial charge on any atom is -0.456 e. The van der Waals surface area contributed by atoms with E-state index < -0.39 is 5.60 Å². The average Bonchev–Trinajstić information content (AvgIpc) is 3.59. The maximum atomic E-state index is 13.7. The molecular formula is C37H30N4O3. The highest BCUT2D eigenvalue weighted by Gasteiger charge is 2.53. The van der Waals surface area contributed by atoms with Crippen LogP contribution in [-0.2, 0) is 16.8 Å². The van der Waals surface area contributed by atoms with Crippen molar-refractivity contribution < 1.29 is 14.3 Å². The van der Waals surface area contributed by atoms with Crippen LogP contribution in [0, 0.1) is 5.92 Å². The summed E-state index contributed by atoms with van der Waals surface area (Å²) in [5.74, 6) is 3.48. The molecule has 0 amide bonds. The number of hydrogen-bond donors (Lipinski definition) is 0. The van der Waals surface area contributed by atoms with Crippen LogP contribution in [-0.4, -0.2) is 33.4 Å². The summed E-state index contributed by atoms with van der Waals surface area (Å²) >= 11 is 0. The number of carbonyl (C=O) groups is 1. The van der Waals surface area contributed by atoms with E-state index in [4.69, 9.17) is 19.4 Å². The van der Waals surface area contributed by atoms with Gasteiger partial charge in [-0.05, 0) is 67.5 Å². The van der Waals surface area contributed by atoms with Crippen molar-refractivity contribution in [3.63, 3.8) is 0 Å². The van der Waals surface area contributed by atoms with E-state index >= 15 is 0 Å². The molecule has 0 bridgehead atoms. The number of ether oxygens (including phenoxy) is 2. The molecule has 5 heterocycles. The molecule has 6 aromatic rings. The van der Waals surface area contributed by atoms with Crippen molar-refractivity contribution in [2.45, 2.75) is 31.3 Å². The summed E-state index contributed by atoms with van der Waals surface area (Å²) in [4.78, 5) is 25.7. The van der Waals surface area contributed by atoms with E-state index in [9.17, 15) is 4.79 Å². The summed E-state index contributed by atoms with van der Waals surface area (Å²) in [6.45, 7) is 1.92. The first-order valence-electron chi connectivity index (χ1n) is 15.4. The zero-order valence-corrected chi connectivity index (χ0v) is 24.1. The molecular weight excluding hydrogens is 548 g/mol. The van der Waals surface area contributed by atoms with E-state index in [1.165, 1.54) is 0 Å². The molecule has 0 saturated carbocycles. The molecule has 0 radical (unpaired) electrons. The molecule has 4 aromatic carbocycles. The third kappa shape index (κ3) is 3.71. The molecule has 0 atom stereocenters. The first kappa shape index (κ1) is 25.3. The Hall–Kier alpha value is -5.17. The van der Waals surface area contributed by atoms with Crippen LogP contribution in [0.1, 0.15) is 51.9 Å². The summed E-state index contributed by atoms with van der Waals surface area (Å²) in [6, 6.07) is 32.2. The lowest BCUT2D eigenvalue weighted by Gasteiger charge is -2.36. The van der Waals surface area contributed by atoms with Crippen LogP contribution in [0.2, 0.25) is 0 Å². The van der Waals surface area contributed by atoms with Crippen molar-refractivity contribution in [3.8, 4) is 11.5 Å². The largest absolute Gasteiger partial charge is 0.456 e. The number of benzene rings is 4. The number of anilines is 1. The SMILES string of the molecule is O=C1OC2(c3ccccc3Oc3ccccc32)c2cccc(CCC3CCN(c4ccn5c(n4)nc4ccccc45)CC3)c21. The van der Waals surface area contributed by atoms with Crippen LogP contribution in [0.3, 0.4) is 0 Å². The van der Waals surface area contributed by atoms with E-state index in [0.717, 1.165) is 95.2 Å². The van der Waals surface area contributed by atoms with Crippen LogP contribution in [0.4, 0.5) is 5.82 Å². The lowest BCUT2D eigenvalue weighted by atomic mass is 9.76. The topological polar surface area (TPSA) is 69.0 Å². The van der Waals surface area contributed by atoms with Crippen molar-refractivity contribution in [2.24, 2.45) is 5.92 Å². The predicted octanol–water partition coefficient (Wildman–Crippen LogP) is 7.30. The molecule has 9 rings (SSSR count). The quantitative estimate of drug-likeness (QED) is 0.205. The maximum Gasteiger partial charge on any atom is 0.340 e. The van der Waals surface area contributed by atoms with Crippen LogP contribution < -0.4 is 9.64 Å². The monoisotopic (exact) mass is 578 g/mol. The Kier molecular flexibility index (Phi) is 5.57. The maximum absolute atomic E-state index is 13.7. The fourth-order valence-electron chi connectivity index (χ4n) is 7.47. The van der Waals surface area contributed by atoms with Gasteiger partial charge in [0.1, 0.15) is 17.3 Å². The van der Waals surface area contributed by atoms with Gasteiger partial charge < -0.3 is 14.4 Å². The molecule has 3 aliphatic heterocycles. The average molecular weight is 579 g/mol. The number of esters is 1. The molecule has 1 fully saturated rings. The summed E-state index contributed by atoms with van der Waals surface area (Å²) < 4.78 is 14.7. The number of piperidine rings is 1. The number of rotatable bonds is 4. The van der Waals surface area contributed by atoms with E-state index in [-0.39, 0.29) is 5.97 Å². The molecule has 0 N–H and O–H groups in total. The van der Waals surface area contributed by atoms with Crippen molar-refractivity contribution in [1.82, 2.24) is 14.4 Å². The van der Waals surface area contributed by atoms with Crippen molar-refractivity contribution in [1.29, 1.82) is 0 Å². The molecule has 3 aliphatic rings. The van der Waals surface area contributed by atoms with Gasteiger partial charge in [0.25, 0.3) is 0 Å². The molecule has 1 saturated heterocycles. The Morgan fingerprint density at radius 3 is 2.27 bits per heavy atom. The Morgan fingerprint density at radius 2 is 1.48 bits per heavy atom. The fourth-order valence-corrected chi connectivity index (χ4v) is 7.47. The third-order valence-electron chi connectivity index (χ3n) is 9.66. The molecule has 7 heteroatoms. The number of para-hydroxylation sites is 4. The van der Waals surface area contributed by atoms with Gasteiger partial charge >= 0.3 is 5.97 Å². The van der Waals surface area contributed by atoms with Gasteiger partial charge in [-0.1, -0.05) is 66.7 Å². The minimum atomic E-state index is -1.01. The molecule has 0 aliphatic carbocycles. The Labute approximate surface area is 254 Å². The number of carbonyl (C=O) groups excluding carboxylic acids is 1. The zero-order chi connectivity index (χ0) is 29.3. The molecule has 1 spiro atoms. The number of aromatic nitrogens is 3.